The minimum absolute atomic E-state index is 0. The standard InChI is InChI=1S/C25H27F3N2O4S.2ClH/c26-25(27,28)24-8-7-19-20(29-24)5-4-6-23(19)35-14-3-1-2-11-33-22-17-34-18(15-21(22)31)16-30-9-12-32-13-10-30;;/h4-8,15,17H,1-3,9-14,16H2;2*1H. The predicted octanol–water partition coefficient (Wildman–Crippen LogP) is 6.22. The molecule has 1 aliphatic heterocycles. The van der Waals surface area contributed by atoms with Gasteiger partial charge in [-0.15, -0.1) is 36.6 Å². The second kappa shape index (κ2) is 14.8. The highest BCUT2D eigenvalue weighted by atomic mass is 35.5. The average Bonchev–Trinajstić information content (AvgIpc) is 2.84. The van der Waals surface area contributed by atoms with Crippen LogP contribution in [0, 0.1) is 0 Å². The number of ether oxygens (including phenoxy) is 2. The second-order valence-electron chi connectivity index (χ2n) is 8.24. The molecular weight excluding hydrogens is 552 g/mol. The SMILES string of the molecule is Cl.Cl.O=c1cc(CN2CCOCC2)occ1OCCCCCSc1cccc2nc(C(F)(F)F)ccc12. The van der Waals surface area contributed by atoms with Crippen molar-refractivity contribution in [3.8, 4) is 5.75 Å². The molecule has 2 aromatic heterocycles. The Morgan fingerprint density at radius 2 is 1.84 bits per heavy atom. The number of hydrogen-bond donors (Lipinski definition) is 0. The number of nitrogens with zero attached hydrogens (tertiary/aromatic N) is 2. The van der Waals surface area contributed by atoms with E-state index in [4.69, 9.17) is 13.9 Å². The van der Waals surface area contributed by atoms with Crippen molar-refractivity contribution in [3.63, 3.8) is 0 Å². The van der Waals surface area contributed by atoms with Gasteiger partial charge in [0.15, 0.2) is 0 Å². The van der Waals surface area contributed by atoms with Gasteiger partial charge in [0.25, 0.3) is 0 Å². The fourth-order valence-electron chi connectivity index (χ4n) is 3.76. The third kappa shape index (κ3) is 9.07. The van der Waals surface area contributed by atoms with Gasteiger partial charge in [-0.2, -0.15) is 13.2 Å². The molecule has 1 saturated heterocycles. The number of halogens is 5. The molecule has 0 unspecified atom stereocenters. The lowest BCUT2D eigenvalue weighted by Crippen LogP contribution is -2.35. The highest BCUT2D eigenvalue weighted by Gasteiger charge is 2.32. The van der Waals surface area contributed by atoms with Crippen LogP contribution in [0.2, 0.25) is 0 Å². The maximum Gasteiger partial charge on any atom is 0.433 e. The van der Waals surface area contributed by atoms with Crippen LogP contribution in [0.3, 0.4) is 0 Å². The number of morpholine rings is 1. The zero-order valence-corrected chi connectivity index (χ0v) is 22.4. The average molecular weight is 581 g/mol. The molecule has 0 radical (unpaired) electrons. The van der Waals surface area contributed by atoms with Gasteiger partial charge in [-0.25, -0.2) is 4.98 Å². The van der Waals surface area contributed by atoms with Crippen LogP contribution in [0.15, 0.2) is 56.8 Å². The zero-order chi connectivity index (χ0) is 24.7. The minimum atomic E-state index is -4.45. The van der Waals surface area contributed by atoms with Gasteiger partial charge < -0.3 is 13.9 Å². The van der Waals surface area contributed by atoms with E-state index in [0.717, 1.165) is 54.5 Å². The van der Waals surface area contributed by atoms with Crippen molar-refractivity contribution in [2.24, 2.45) is 0 Å². The minimum Gasteiger partial charge on any atom is -0.487 e. The summed E-state index contributed by atoms with van der Waals surface area (Å²) in [6.07, 6.45) is -0.486. The molecular formula is C25H29Cl2F3N2O4S. The summed E-state index contributed by atoms with van der Waals surface area (Å²) >= 11 is 1.60. The molecule has 1 aromatic carbocycles. The molecule has 1 fully saturated rings. The van der Waals surface area contributed by atoms with Crippen LogP contribution in [0.5, 0.6) is 5.75 Å². The molecule has 0 aliphatic carbocycles. The molecule has 3 heterocycles. The molecule has 0 amide bonds. The Morgan fingerprint density at radius 3 is 2.57 bits per heavy atom. The van der Waals surface area contributed by atoms with Gasteiger partial charge in [-0.05, 0) is 49.3 Å². The maximum atomic E-state index is 12.9. The van der Waals surface area contributed by atoms with Crippen LogP contribution in [-0.2, 0) is 17.5 Å². The van der Waals surface area contributed by atoms with Crippen molar-refractivity contribution in [3.05, 3.63) is 64.3 Å². The Morgan fingerprint density at radius 1 is 1.05 bits per heavy atom. The summed E-state index contributed by atoms with van der Waals surface area (Å²) in [5.74, 6) is 1.64. The van der Waals surface area contributed by atoms with Crippen molar-refractivity contribution < 1.29 is 27.1 Å². The molecule has 0 bridgehead atoms. The number of rotatable bonds is 10. The summed E-state index contributed by atoms with van der Waals surface area (Å²) in [4.78, 5) is 19.1. The lowest BCUT2D eigenvalue weighted by molar-refractivity contribution is -0.140. The Balaban J connectivity index is 0.00000241. The van der Waals surface area contributed by atoms with Crippen LogP contribution >= 0.6 is 36.6 Å². The lowest BCUT2D eigenvalue weighted by Gasteiger charge is -2.25. The van der Waals surface area contributed by atoms with Crippen molar-refractivity contribution in [2.45, 2.75) is 36.9 Å². The third-order valence-corrected chi connectivity index (χ3v) is 6.78. The van der Waals surface area contributed by atoms with E-state index in [1.165, 1.54) is 18.4 Å². The van der Waals surface area contributed by atoms with Crippen LogP contribution in [-0.4, -0.2) is 48.5 Å². The molecule has 37 heavy (non-hydrogen) atoms. The quantitative estimate of drug-likeness (QED) is 0.208. The first-order valence-corrected chi connectivity index (χ1v) is 12.5. The summed E-state index contributed by atoms with van der Waals surface area (Å²) in [5, 5.41) is 0.720. The van der Waals surface area contributed by atoms with E-state index in [1.807, 2.05) is 6.07 Å². The third-order valence-electron chi connectivity index (χ3n) is 5.62. The van der Waals surface area contributed by atoms with E-state index >= 15 is 0 Å². The fraction of sp³-hybridized carbons (Fsp3) is 0.440. The predicted molar refractivity (Wildman–Crippen MR) is 142 cm³/mol. The van der Waals surface area contributed by atoms with Crippen molar-refractivity contribution in [1.29, 1.82) is 0 Å². The summed E-state index contributed by atoms with van der Waals surface area (Å²) in [5.41, 5.74) is -0.728. The first-order valence-electron chi connectivity index (χ1n) is 11.5. The zero-order valence-electron chi connectivity index (χ0n) is 20.0. The van der Waals surface area contributed by atoms with Crippen molar-refractivity contribution in [2.75, 3.05) is 38.7 Å². The molecule has 204 valence electrons. The summed E-state index contributed by atoms with van der Waals surface area (Å²) in [6.45, 7) is 3.99. The second-order valence-corrected chi connectivity index (χ2v) is 9.37. The Labute approximate surface area is 229 Å². The number of benzene rings is 1. The largest absolute Gasteiger partial charge is 0.487 e. The normalized spacial score (nSPS) is 14.1. The Hall–Kier alpha value is -1.98. The van der Waals surface area contributed by atoms with Crippen molar-refractivity contribution >= 4 is 47.5 Å². The van der Waals surface area contributed by atoms with Crippen LogP contribution in [0.4, 0.5) is 13.2 Å². The number of thioether (sulfide) groups is 1. The molecule has 4 rings (SSSR count). The summed E-state index contributed by atoms with van der Waals surface area (Å²) < 4.78 is 55.2. The molecule has 0 saturated carbocycles. The molecule has 12 heteroatoms. The topological polar surface area (TPSA) is 64.8 Å². The number of unbranched alkanes of at least 4 members (excludes halogenated alkanes) is 2. The molecule has 1 aliphatic rings. The van der Waals surface area contributed by atoms with Gasteiger partial charge in [-0.3, -0.25) is 9.69 Å². The van der Waals surface area contributed by atoms with Gasteiger partial charge >= 0.3 is 6.18 Å². The van der Waals surface area contributed by atoms with Gasteiger partial charge in [-0.1, -0.05) is 6.07 Å². The fourth-order valence-corrected chi connectivity index (χ4v) is 4.83. The number of hydrogen-bond acceptors (Lipinski definition) is 7. The van der Waals surface area contributed by atoms with E-state index in [0.29, 0.717) is 37.6 Å². The highest BCUT2D eigenvalue weighted by Crippen LogP contribution is 2.32. The molecule has 0 spiro atoms. The van der Waals surface area contributed by atoms with E-state index in [9.17, 15) is 18.0 Å². The maximum absolute atomic E-state index is 12.9. The Bertz CT molecular complexity index is 1190. The van der Waals surface area contributed by atoms with E-state index in [1.54, 1.807) is 23.9 Å². The molecule has 0 N–H and O–H groups in total. The van der Waals surface area contributed by atoms with E-state index in [-0.39, 0.29) is 36.0 Å². The number of fused-ring (bicyclic) bond motifs is 1. The molecule has 0 atom stereocenters. The van der Waals surface area contributed by atoms with Crippen LogP contribution < -0.4 is 10.2 Å². The van der Waals surface area contributed by atoms with Crippen LogP contribution in [0.25, 0.3) is 10.9 Å². The highest BCUT2D eigenvalue weighted by molar-refractivity contribution is 7.99. The lowest BCUT2D eigenvalue weighted by atomic mass is 10.2. The van der Waals surface area contributed by atoms with Crippen LogP contribution in [0.1, 0.15) is 30.7 Å². The number of alkyl halides is 3. The van der Waals surface area contributed by atoms with Gasteiger partial charge in [0.1, 0.15) is 17.7 Å². The smallest absolute Gasteiger partial charge is 0.433 e. The monoisotopic (exact) mass is 580 g/mol. The van der Waals surface area contributed by atoms with E-state index in [2.05, 4.69) is 9.88 Å². The number of pyridine rings is 1. The van der Waals surface area contributed by atoms with Gasteiger partial charge in [0.2, 0.25) is 11.2 Å². The summed E-state index contributed by atoms with van der Waals surface area (Å²) in [6, 6.07) is 9.21. The van der Waals surface area contributed by atoms with Gasteiger partial charge in [0.05, 0.1) is 31.9 Å². The molecule has 3 aromatic rings. The van der Waals surface area contributed by atoms with E-state index < -0.39 is 11.9 Å². The molecule has 6 nitrogen and oxygen atoms in total. The summed E-state index contributed by atoms with van der Waals surface area (Å²) in [7, 11) is 0. The first kappa shape index (κ1) is 31.2. The first-order chi connectivity index (χ1) is 16.9. The Kier molecular flexibility index (Phi) is 12.5. The number of aromatic nitrogens is 1. The van der Waals surface area contributed by atoms with Crippen molar-refractivity contribution in [1.82, 2.24) is 9.88 Å². The van der Waals surface area contributed by atoms with Gasteiger partial charge in [0, 0.05) is 29.4 Å².